The van der Waals surface area contributed by atoms with Gasteiger partial charge in [-0.25, -0.2) is 8.42 Å². The Hall–Kier alpha value is -2.38. The number of hydrogen-bond acceptors (Lipinski definition) is 4. The van der Waals surface area contributed by atoms with Crippen LogP contribution in [0.2, 0.25) is 0 Å². The average molecular weight is 459 g/mol. The number of sulfonamides is 1. The Labute approximate surface area is 192 Å². The Morgan fingerprint density at radius 3 is 2.53 bits per heavy atom. The first-order chi connectivity index (χ1) is 15.3. The molecule has 1 aliphatic heterocycles. The van der Waals surface area contributed by atoms with Crippen LogP contribution in [0, 0.1) is 0 Å². The van der Waals surface area contributed by atoms with Gasteiger partial charge in [-0.05, 0) is 56.9 Å². The van der Waals surface area contributed by atoms with E-state index >= 15 is 0 Å². The Morgan fingerprint density at radius 2 is 1.91 bits per heavy atom. The van der Waals surface area contributed by atoms with Crippen LogP contribution in [0.25, 0.3) is 0 Å². The number of carbonyl (C=O) groups is 1. The average Bonchev–Trinajstić information content (AvgIpc) is 2.82. The van der Waals surface area contributed by atoms with Crippen molar-refractivity contribution in [3.63, 3.8) is 0 Å². The summed E-state index contributed by atoms with van der Waals surface area (Å²) >= 11 is 0. The summed E-state index contributed by atoms with van der Waals surface area (Å²) < 4.78 is 34.0. The van der Waals surface area contributed by atoms with E-state index in [1.165, 1.54) is 13.2 Å². The van der Waals surface area contributed by atoms with Crippen molar-refractivity contribution in [3.8, 4) is 5.75 Å². The van der Waals surface area contributed by atoms with Crippen molar-refractivity contribution in [2.75, 3.05) is 13.7 Å². The van der Waals surface area contributed by atoms with Gasteiger partial charge >= 0.3 is 0 Å². The lowest BCUT2D eigenvalue weighted by atomic mass is 10.1. The fraction of sp³-hybridized carbons (Fsp3) is 0.480. The van der Waals surface area contributed by atoms with E-state index in [9.17, 15) is 13.2 Å². The standard InChI is InChI=1S/C25H34N2O4S/c1-5-19(2)26(18-21-12-7-6-8-13-21)25(28)22-14-15-23(31-4)24(17-22)32(29,30)27-16-10-9-11-20(27)3/h6-8,12-15,17,19-20H,5,9-11,16,18H2,1-4H3. The number of piperidine rings is 1. The van der Waals surface area contributed by atoms with Gasteiger partial charge in [-0.15, -0.1) is 0 Å². The van der Waals surface area contributed by atoms with Gasteiger partial charge in [0.15, 0.2) is 0 Å². The van der Waals surface area contributed by atoms with Gasteiger partial charge in [-0.1, -0.05) is 43.7 Å². The van der Waals surface area contributed by atoms with Crippen LogP contribution in [0.4, 0.5) is 0 Å². The summed E-state index contributed by atoms with van der Waals surface area (Å²) in [5.74, 6) is 0.0754. The van der Waals surface area contributed by atoms with Crippen LogP contribution in [-0.4, -0.2) is 49.3 Å². The topological polar surface area (TPSA) is 66.9 Å². The van der Waals surface area contributed by atoms with Gasteiger partial charge in [-0.3, -0.25) is 4.79 Å². The molecule has 6 nitrogen and oxygen atoms in total. The van der Waals surface area contributed by atoms with Gasteiger partial charge in [0.1, 0.15) is 10.6 Å². The maximum absolute atomic E-state index is 13.5. The molecule has 2 unspecified atom stereocenters. The summed E-state index contributed by atoms with van der Waals surface area (Å²) in [6.45, 7) is 6.93. The van der Waals surface area contributed by atoms with Crippen LogP contribution in [0.5, 0.6) is 5.75 Å². The summed E-state index contributed by atoms with van der Waals surface area (Å²) in [5, 5.41) is 0. The number of ether oxygens (including phenoxy) is 1. The molecule has 2 atom stereocenters. The second-order valence-corrected chi connectivity index (χ2v) is 10.4. The molecule has 0 radical (unpaired) electrons. The van der Waals surface area contributed by atoms with Crippen molar-refractivity contribution in [2.45, 2.75) is 70.0 Å². The molecule has 2 aromatic rings. The minimum absolute atomic E-state index is 0.00646. The Bertz CT molecular complexity index is 1020. The van der Waals surface area contributed by atoms with E-state index in [4.69, 9.17) is 4.74 Å². The SMILES string of the molecule is CCC(C)N(Cc1ccccc1)C(=O)c1ccc(OC)c(S(=O)(=O)N2CCCCC2C)c1. The summed E-state index contributed by atoms with van der Waals surface area (Å²) in [5.41, 5.74) is 1.38. The molecular weight excluding hydrogens is 424 g/mol. The van der Waals surface area contributed by atoms with E-state index in [0.29, 0.717) is 18.7 Å². The molecule has 0 aliphatic carbocycles. The zero-order valence-electron chi connectivity index (χ0n) is 19.5. The fourth-order valence-electron chi connectivity index (χ4n) is 4.16. The van der Waals surface area contributed by atoms with Gasteiger partial charge in [0, 0.05) is 30.7 Å². The Morgan fingerprint density at radius 1 is 1.19 bits per heavy atom. The third-order valence-electron chi connectivity index (χ3n) is 6.32. The van der Waals surface area contributed by atoms with Crippen LogP contribution in [0.1, 0.15) is 62.4 Å². The zero-order chi connectivity index (χ0) is 23.3. The van der Waals surface area contributed by atoms with Gasteiger partial charge < -0.3 is 9.64 Å². The van der Waals surface area contributed by atoms with Crippen LogP contribution in [0.3, 0.4) is 0 Å². The molecule has 1 aliphatic rings. The van der Waals surface area contributed by atoms with Gasteiger partial charge in [0.2, 0.25) is 10.0 Å². The first kappa shape index (κ1) is 24.3. The molecule has 3 rings (SSSR count). The summed E-state index contributed by atoms with van der Waals surface area (Å²) in [6, 6.07) is 14.5. The maximum atomic E-state index is 13.5. The Kier molecular flexibility index (Phi) is 7.96. The second-order valence-electron chi connectivity index (χ2n) is 8.50. The minimum Gasteiger partial charge on any atom is -0.495 e. The second kappa shape index (κ2) is 10.5. The predicted octanol–water partition coefficient (Wildman–Crippen LogP) is 4.70. The number of benzene rings is 2. The van der Waals surface area contributed by atoms with Crippen LogP contribution in [-0.2, 0) is 16.6 Å². The lowest BCUT2D eigenvalue weighted by Crippen LogP contribution is -2.42. The van der Waals surface area contributed by atoms with E-state index in [2.05, 4.69) is 0 Å². The van der Waals surface area contributed by atoms with E-state index in [1.54, 1.807) is 21.3 Å². The minimum atomic E-state index is -3.78. The van der Waals surface area contributed by atoms with Gasteiger partial charge in [0.25, 0.3) is 5.91 Å². The third-order valence-corrected chi connectivity index (χ3v) is 8.35. The number of nitrogens with zero attached hydrogens (tertiary/aromatic N) is 2. The number of methoxy groups -OCH3 is 1. The normalized spacial score (nSPS) is 18.2. The van der Waals surface area contributed by atoms with Crippen LogP contribution in [0.15, 0.2) is 53.4 Å². The van der Waals surface area contributed by atoms with Crippen molar-refractivity contribution in [1.82, 2.24) is 9.21 Å². The summed E-state index contributed by atoms with van der Waals surface area (Å²) in [6.07, 6.45) is 3.49. The highest BCUT2D eigenvalue weighted by Crippen LogP contribution is 2.32. The molecule has 0 spiro atoms. The van der Waals surface area contributed by atoms with E-state index < -0.39 is 10.0 Å². The molecule has 0 aromatic heterocycles. The van der Waals surface area contributed by atoms with Crippen molar-refractivity contribution in [2.24, 2.45) is 0 Å². The molecule has 0 N–H and O–H groups in total. The molecule has 2 aromatic carbocycles. The van der Waals surface area contributed by atoms with Crippen molar-refractivity contribution >= 4 is 15.9 Å². The monoisotopic (exact) mass is 458 g/mol. The highest BCUT2D eigenvalue weighted by atomic mass is 32.2. The lowest BCUT2D eigenvalue weighted by Gasteiger charge is -2.33. The zero-order valence-corrected chi connectivity index (χ0v) is 20.3. The molecule has 1 heterocycles. The first-order valence-electron chi connectivity index (χ1n) is 11.3. The van der Waals surface area contributed by atoms with Gasteiger partial charge in [-0.2, -0.15) is 4.31 Å². The molecule has 7 heteroatoms. The lowest BCUT2D eigenvalue weighted by molar-refractivity contribution is 0.0671. The van der Waals surface area contributed by atoms with Crippen molar-refractivity contribution in [1.29, 1.82) is 0 Å². The van der Waals surface area contributed by atoms with E-state index in [0.717, 1.165) is 31.2 Å². The summed E-state index contributed by atoms with van der Waals surface area (Å²) in [4.78, 5) is 15.4. The number of amides is 1. The van der Waals surface area contributed by atoms with Crippen LogP contribution < -0.4 is 4.74 Å². The predicted molar refractivity (Wildman–Crippen MR) is 126 cm³/mol. The Balaban J connectivity index is 1.99. The smallest absolute Gasteiger partial charge is 0.254 e. The largest absolute Gasteiger partial charge is 0.495 e. The highest BCUT2D eigenvalue weighted by molar-refractivity contribution is 7.89. The molecule has 0 bridgehead atoms. The van der Waals surface area contributed by atoms with E-state index in [1.807, 2.05) is 51.1 Å². The molecule has 174 valence electrons. The first-order valence-corrected chi connectivity index (χ1v) is 12.8. The number of hydrogen-bond donors (Lipinski definition) is 0. The molecule has 0 saturated carbocycles. The molecular formula is C25H34N2O4S. The molecule has 1 fully saturated rings. The number of carbonyl (C=O) groups excluding carboxylic acids is 1. The quantitative estimate of drug-likeness (QED) is 0.575. The maximum Gasteiger partial charge on any atom is 0.254 e. The third kappa shape index (κ3) is 5.15. The molecule has 1 saturated heterocycles. The molecule has 32 heavy (non-hydrogen) atoms. The highest BCUT2D eigenvalue weighted by Gasteiger charge is 2.34. The molecule has 1 amide bonds. The fourth-order valence-corrected chi connectivity index (χ4v) is 6.04. The number of rotatable bonds is 8. The van der Waals surface area contributed by atoms with Crippen LogP contribution >= 0.6 is 0 Å². The van der Waals surface area contributed by atoms with E-state index in [-0.39, 0.29) is 28.6 Å². The summed E-state index contributed by atoms with van der Waals surface area (Å²) in [7, 11) is -2.33. The van der Waals surface area contributed by atoms with Crippen molar-refractivity contribution < 1.29 is 17.9 Å². The van der Waals surface area contributed by atoms with Gasteiger partial charge in [0.05, 0.1) is 7.11 Å². The van der Waals surface area contributed by atoms with Crippen molar-refractivity contribution in [3.05, 3.63) is 59.7 Å².